The zero-order valence-corrected chi connectivity index (χ0v) is 12.1. The molecule has 2 aliphatic rings. The van der Waals surface area contributed by atoms with Crippen LogP contribution in [-0.2, 0) is 20.7 Å². The van der Waals surface area contributed by atoms with Gasteiger partial charge in [0.05, 0.1) is 6.54 Å². The van der Waals surface area contributed by atoms with E-state index in [4.69, 9.17) is 4.74 Å². The van der Waals surface area contributed by atoms with Gasteiger partial charge in [0.25, 0.3) is 0 Å². The first-order valence-electron chi connectivity index (χ1n) is 7.55. The summed E-state index contributed by atoms with van der Waals surface area (Å²) in [6, 6.07) is 3.87. The summed E-state index contributed by atoms with van der Waals surface area (Å²) in [4.78, 5) is 29.6. The molecule has 2 saturated heterocycles. The average molecular weight is 288 g/mol. The lowest BCUT2D eigenvalue weighted by Gasteiger charge is -2.39. The van der Waals surface area contributed by atoms with Crippen molar-refractivity contribution >= 4 is 11.9 Å². The van der Waals surface area contributed by atoms with Gasteiger partial charge in [0.15, 0.2) is 0 Å². The number of carbonyl (C=O) groups excluding carboxylic acids is 2. The first-order valence-corrected chi connectivity index (χ1v) is 7.55. The fraction of sp³-hybridized carbons (Fsp3) is 0.562. The normalized spacial score (nSPS) is 25.1. The number of esters is 1. The molecule has 5 heteroatoms. The molecule has 0 saturated carbocycles. The molecule has 0 radical (unpaired) electrons. The Morgan fingerprint density at radius 3 is 3.05 bits per heavy atom. The molecule has 0 unspecified atom stereocenters. The third-order valence-corrected chi connectivity index (χ3v) is 4.36. The number of ether oxygens (including phenoxy) is 1. The molecule has 0 N–H and O–H groups in total. The van der Waals surface area contributed by atoms with Gasteiger partial charge >= 0.3 is 5.97 Å². The molecule has 0 bridgehead atoms. The van der Waals surface area contributed by atoms with Crippen molar-refractivity contribution in [2.24, 2.45) is 0 Å². The van der Waals surface area contributed by atoms with Gasteiger partial charge in [-0.05, 0) is 37.3 Å². The maximum absolute atomic E-state index is 12.4. The molecule has 1 aromatic rings. The number of nitrogens with zero attached hydrogens (tertiary/aromatic N) is 2. The fourth-order valence-corrected chi connectivity index (χ4v) is 3.23. The van der Waals surface area contributed by atoms with Gasteiger partial charge in [-0.15, -0.1) is 0 Å². The van der Waals surface area contributed by atoms with E-state index in [1.54, 1.807) is 12.4 Å². The van der Waals surface area contributed by atoms with Crippen molar-refractivity contribution in [3.05, 3.63) is 30.1 Å². The molecule has 1 spiro atoms. The molecule has 2 aliphatic heterocycles. The molecular weight excluding hydrogens is 268 g/mol. The lowest BCUT2D eigenvalue weighted by molar-refractivity contribution is -0.156. The maximum atomic E-state index is 12.4. The zero-order chi connectivity index (χ0) is 14.7. The third kappa shape index (κ3) is 3.23. The standard InChI is InChI=1S/C16H20N2O3/c19-14(5-4-13-3-1-9-17-11-13)18-10-2-7-16(12-18)8-6-15(20)21-16/h1,3,9,11H,2,4-8,10,12H2/t16-/m0/s1. The summed E-state index contributed by atoms with van der Waals surface area (Å²) in [5.41, 5.74) is 0.670. The molecule has 1 atom stereocenters. The monoisotopic (exact) mass is 288 g/mol. The van der Waals surface area contributed by atoms with Crippen molar-refractivity contribution in [2.45, 2.75) is 44.1 Å². The molecule has 2 fully saturated rings. The van der Waals surface area contributed by atoms with Crippen LogP contribution in [0.4, 0.5) is 0 Å². The topological polar surface area (TPSA) is 59.5 Å². The van der Waals surface area contributed by atoms with Gasteiger partial charge < -0.3 is 9.64 Å². The highest BCUT2D eigenvalue weighted by Crippen LogP contribution is 2.35. The van der Waals surface area contributed by atoms with E-state index in [1.807, 2.05) is 17.0 Å². The van der Waals surface area contributed by atoms with Crippen molar-refractivity contribution in [3.8, 4) is 0 Å². The number of aryl methyl sites for hydroxylation is 1. The quantitative estimate of drug-likeness (QED) is 0.795. The summed E-state index contributed by atoms with van der Waals surface area (Å²) in [5.74, 6) is 0.0144. The van der Waals surface area contributed by atoms with E-state index in [9.17, 15) is 9.59 Å². The first kappa shape index (κ1) is 14.0. The lowest BCUT2D eigenvalue weighted by Crippen LogP contribution is -2.50. The van der Waals surface area contributed by atoms with Crippen LogP contribution in [0.1, 0.15) is 37.7 Å². The van der Waals surface area contributed by atoms with Crippen LogP contribution in [0.3, 0.4) is 0 Å². The molecule has 0 aliphatic carbocycles. The maximum Gasteiger partial charge on any atom is 0.306 e. The summed E-state index contributed by atoms with van der Waals surface area (Å²) >= 11 is 0. The van der Waals surface area contributed by atoms with Crippen molar-refractivity contribution in [2.75, 3.05) is 13.1 Å². The molecule has 1 amide bonds. The molecule has 5 nitrogen and oxygen atoms in total. The SMILES string of the molecule is O=C1CC[C@]2(CCCN(C(=O)CCc3cccnc3)C2)O1. The van der Waals surface area contributed by atoms with Gasteiger partial charge in [-0.2, -0.15) is 0 Å². The van der Waals surface area contributed by atoms with Crippen LogP contribution in [0.2, 0.25) is 0 Å². The van der Waals surface area contributed by atoms with Crippen molar-refractivity contribution in [1.29, 1.82) is 0 Å². The smallest absolute Gasteiger partial charge is 0.306 e. The minimum Gasteiger partial charge on any atom is -0.457 e. The minimum absolute atomic E-state index is 0.125. The van der Waals surface area contributed by atoms with Crippen molar-refractivity contribution in [3.63, 3.8) is 0 Å². The molecule has 3 rings (SSSR count). The summed E-state index contributed by atoms with van der Waals surface area (Å²) in [7, 11) is 0. The summed E-state index contributed by atoms with van der Waals surface area (Å²) in [5, 5.41) is 0. The molecule has 1 aromatic heterocycles. The Labute approximate surface area is 124 Å². The second kappa shape index (κ2) is 5.84. The van der Waals surface area contributed by atoms with Gasteiger partial charge in [0, 0.05) is 31.8 Å². The van der Waals surface area contributed by atoms with Crippen LogP contribution in [0, 0.1) is 0 Å². The second-order valence-corrected chi connectivity index (χ2v) is 5.94. The van der Waals surface area contributed by atoms with Gasteiger partial charge in [-0.1, -0.05) is 6.07 Å². The minimum atomic E-state index is -0.403. The Hall–Kier alpha value is -1.91. The Kier molecular flexibility index (Phi) is 3.90. The van der Waals surface area contributed by atoms with E-state index in [0.29, 0.717) is 25.8 Å². The predicted molar refractivity (Wildman–Crippen MR) is 76.4 cm³/mol. The van der Waals surface area contributed by atoms with Crippen LogP contribution in [0.5, 0.6) is 0 Å². The molecular formula is C16H20N2O3. The van der Waals surface area contributed by atoms with Crippen LogP contribution in [0.25, 0.3) is 0 Å². The number of hydrogen-bond donors (Lipinski definition) is 0. The van der Waals surface area contributed by atoms with E-state index < -0.39 is 5.60 Å². The van der Waals surface area contributed by atoms with Crippen LogP contribution >= 0.6 is 0 Å². The number of rotatable bonds is 3. The van der Waals surface area contributed by atoms with E-state index in [1.165, 1.54) is 0 Å². The van der Waals surface area contributed by atoms with Gasteiger partial charge in [-0.3, -0.25) is 14.6 Å². The molecule has 112 valence electrons. The third-order valence-electron chi connectivity index (χ3n) is 4.36. The summed E-state index contributed by atoms with van der Waals surface area (Å²) in [6.45, 7) is 1.33. The fourth-order valence-electron chi connectivity index (χ4n) is 3.23. The predicted octanol–water partition coefficient (Wildman–Crippen LogP) is 1.71. The van der Waals surface area contributed by atoms with Crippen molar-refractivity contribution < 1.29 is 14.3 Å². The van der Waals surface area contributed by atoms with E-state index in [-0.39, 0.29) is 11.9 Å². The van der Waals surface area contributed by atoms with Crippen molar-refractivity contribution in [1.82, 2.24) is 9.88 Å². The van der Waals surface area contributed by atoms with Gasteiger partial charge in [-0.25, -0.2) is 0 Å². The van der Waals surface area contributed by atoms with E-state index >= 15 is 0 Å². The summed E-state index contributed by atoms with van der Waals surface area (Å²) < 4.78 is 5.49. The Morgan fingerprint density at radius 1 is 1.43 bits per heavy atom. The first-order chi connectivity index (χ1) is 10.2. The number of hydrogen-bond acceptors (Lipinski definition) is 4. The molecule has 0 aromatic carbocycles. The highest BCUT2D eigenvalue weighted by molar-refractivity contribution is 5.77. The Balaban J connectivity index is 1.56. The van der Waals surface area contributed by atoms with E-state index in [2.05, 4.69) is 4.98 Å². The highest BCUT2D eigenvalue weighted by Gasteiger charge is 2.44. The number of piperidine rings is 1. The lowest BCUT2D eigenvalue weighted by atomic mass is 9.90. The zero-order valence-electron chi connectivity index (χ0n) is 12.1. The number of carbonyl (C=O) groups is 2. The van der Waals surface area contributed by atoms with Gasteiger partial charge in [0.2, 0.25) is 5.91 Å². The van der Waals surface area contributed by atoms with Crippen LogP contribution in [-0.4, -0.2) is 40.5 Å². The van der Waals surface area contributed by atoms with Crippen LogP contribution < -0.4 is 0 Å². The number of likely N-dealkylation sites (tertiary alicyclic amines) is 1. The van der Waals surface area contributed by atoms with Crippen LogP contribution in [0.15, 0.2) is 24.5 Å². The Morgan fingerprint density at radius 2 is 2.33 bits per heavy atom. The second-order valence-electron chi connectivity index (χ2n) is 5.94. The largest absolute Gasteiger partial charge is 0.457 e. The number of pyridine rings is 1. The summed E-state index contributed by atoms with van der Waals surface area (Å²) in [6.07, 6.45) is 7.73. The van der Waals surface area contributed by atoms with Gasteiger partial charge in [0.1, 0.15) is 5.60 Å². The number of aromatic nitrogens is 1. The molecule has 21 heavy (non-hydrogen) atoms. The van der Waals surface area contributed by atoms with E-state index in [0.717, 1.165) is 31.4 Å². The molecule has 3 heterocycles. The highest BCUT2D eigenvalue weighted by atomic mass is 16.6. The number of amides is 1. The average Bonchev–Trinajstić information content (AvgIpc) is 2.86. The Bertz CT molecular complexity index is 532.